The molecule has 4 nitrogen and oxygen atoms in total. The first-order chi connectivity index (χ1) is 9.10. The lowest BCUT2D eigenvalue weighted by atomic mass is 10.0. The third kappa shape index (κ3) is 2.96. The predicted molar refractivity (Wildman–Crippen MR) is 71.5 cm³/mol. The fourth-order valence-corrected chi connectivity index (χ4v) is 1.91. The number of hydrogen-bond acceptors (Lipinski definition) is 3. The molecule has 0 saturated carbocycles. The zero-order chi connectivity index (χ0) is 13.8. The minimum absolute atomic E-state index is 0.424. The second-order valence-corrected chi connectivity index (χ2v) is 4.30. The number of nitriles is 1. The van der Waals surface area contributed by atoms with Gasteiger partial charge in [0.05, 0.1) is 22.9 Å². The third-order valence-corrected chi connectivity index (χ3v) is 2.81. The van der Waals surface area contributed by atoms with E-state index in [1.807, 2.05) is 19.1 Å². The van der Waals surface area contributed by atoms with Gasteiger partial charge in [-0.15, -0.1) is 0 Å². The van der Waals surface area contributed by atoms with Gasteiger partial charge in [0.2, 0.25) is 0 Å². The van der Waals surface area contributed by atoms with Crippen molar-refractivity contribution in [2.75, 3.05) is 0 Å². The quantitative estimate of drug-likeness (QED) is 0.905. The summed E-state index contributed by atoms with van der Waals surface area (Å²) in [5, 5.41) is 8.88. The molecule has 0 radical (unpaired) electrons. The Bertz CT molecular complexity index is 671. The number of benzene rings is 1. The van der Waals surface area contributed by atoms with Crippen molar-refractivity contribution >= 4 is 5.91 Å². The molecule has 1 aromatic heterocycles. The first-order valence-corrected chi connectivity index (χ1v) is 5.85. The number of rotatable bonds is 3. The number of nitrogens with zero attached hydrogens (tertiary/aromatic N) is 2. The zero-order valence-corrected chi connectivity index (χ0v) is 10.6. The molecule has 1 amide bonds. The Morgan fingerprint density at radius 1 is 1.37 bits per heavy atom. The smallest absolute Gasteiger partial charge is 0.250 e. The van der Waals surface area contributed by atoms with Crippen LogP contribution in [0.25, 0.3) is 0 Å². The Hall–Kier alpha value is -2.67. The van der Waals surface area contributed by atoms with E-state index in [4.69, 9.17) is 11.0 Å². The van der Waals surface area contributed by atoms with Gasteiger partial charge in [0.25, 0.3) is 5.91 Å². The molecular weight excluding hydrogens is 238 g/mol. The van der Waals surface area contributed by atoms with Gasteiger partial charge in [-0.2, -0.15) is 5.26 Å². The summed E-state index contributed by atoms with van der Waals surface area (Å²) in [7, 11) is 0. The van der Waals surface area contributed by atoms with E-state index in [1.165, 1.54) is 0 Å². The number of amides is 1. The largest absolute Gasteiger partial charge is 0.366 e. The third-order valence-electron chi connectivity index (χ3n) is 2.81. The summed E-state index contributed by atoms with van der Waals surface area (Å²) in [6.45, 7) is 1.86. The topological polar surface area (TPSA) is 79.8 Å². The van der Waals surface area contributed by atoms with Gasteiger partial charge < -0.3 is 5.73 Å². The maximum Gasteiger partial charge on any atom is 0.250 e. The lowest BCUT2D eigenvalue weighted by molar-refractivity contribution is 0.0999. The highest BCUT2D eigenvalue weighted by Crippen LogP contribution is 2.14. The first kappa shape index (κ1) is 12.8. The summed E-state index contributed by atoms with van der Waals surface area (Å²) >= 11 is 0. The van der Waals surface area contributed by atoms with Crippen molar-refractivity contribution in [3.63, 3.8) is 0 Å². The van der Waals surface area contributed by atoms with Crippen molar-refractivity contribution in [3.05, 3.63) is 64.5 Å². The van der Waals surface area contributed by atoms with E-state index < -0.39 is 5.91 Å². The van der Waals surface area contributed by atoms with Crippen LogP contribution in [0, 0.1) is 18.3 Å². The number of primary amides is 1. The number of aromatic nitrogens is 1. The molecule has 0 fully saturated rings. The van der Waals surface area contributed by atoms with E-state index in [2.05, 4.69) is 11.1 Å². The van der Waals surface area contributed by atoms with E-state index in [0.717, 1.165) is 11.3 Å². The molecule has 2 aromatic rings. The van der Waals surface area contributed by atoms with Gasteiger partial charge in [0, 0.05) is 12.1 Å². The summed E-state index contributed by atoms with van der Waals surface area (Å²) in [4.78, 5) is 15.7. The van der Waals surface area contributed by atoms with Crippen molar-refractivity contribution in [3.8, 4) is 6.07 Å². The molecule has 0 atom stereocenters. The van der Waals surface area contributed by atoms with Gasteiger partial charge in [-0.05, 0) is 36.8 Å². The Balaban J connectivity index is 2.40. The number of carbonyl (C=O) groups excluding carboxylic acids is 1. The number of nitrogens with two attached hydrogens (primary N) is 1. The van der Waals surface area contributed by atoms with Crippen LogP contribution in [0.15, 0.2) is 36.4 Å². The van der Waals surface area contributed by atoms with Crippen LogP contribution in [0.4, 0.5) is 0 Å². The van der Waals surface area contributed by atoms with Crippen LogP contribution < -0.4 is 5.73 Å². The molecule has 0 saturated heterocycles. The Labute approximate surface area is 111 Å². The SMILES string of the molecule is Cc1ccc(C(N)=O)c(Cc2cccc(C#N)c2)n1. The number of hydrogen-bond donors (Lipinski definition) is 1. The number of pyridine rings is 1. The van der Waals surface area contributed by atoms with Gasteiger partial charge in [0.15, 0.2) is 0 Å². The molecule has 2 N–H and O–H groups in total. The van der Waals surface area contributed by atoms with Gasteiger partial charge in [-0.3, -0.25) is 9.78 Å². The Kier molecular flexibility index (Phi) is 3.58. The van der Waals surface area contributed by atoms with Crippen molar-refractivity contribution < 1.29 is 4.79 Å². The maximum absolute atomic E-state index is 11.4. The molecule has 94 valence electrons. The lowest BCUT2D eigenvalue weighted by Gasteiger charge is -2.07. The summed E-state index contributed by atoms with van der Waals surface area (Å²) in [6.07, 6.45) is 0.482. The molecule has 0 aliphatic rings. The van der Waals surface area contributed by atoms with Crippen LogP contribution in [0.1, 0.15) is 32.9 Å². The highest BCUT2D eigenvalue weighted by atomic mass is 16.1. The van der Waals surface area contributed by atoms with E-state index in [1.54, 1.807) is 24.3 Å². The first-order valence-electron chi connectivity index (χ1n) is 5.85. The van der Waals surface area contributed by atoms with Gasteiger partial charge in [0.1, 0.15) is 0 Å². The molecule has 0 aliphatic carbocycles. The summed E-state index contributed by atoms with van der Waals surface area (Å²) in [6, 6.07) is 12.8. The van der Waals surface area contributed by atoms with Crippen LogP contribution in [-0.2, 0) is 6.42 Å². The van der Waals surface area contributed by atoms with Gasteiger partial charge >= 0.3 is 0 Å². The summed E-state index contributed by atoms with van der Waals surface area (Å²) in [5.74, 6) is -0.487. The van der Waals surface area contributed by atoms with Crippen LogP contribution in [0.5, 0.6) is 0 Å². The van der Waals surface area contributed by atoms with E-state index in [9.17, 15) is 4.79 Å². The van der Waals surface area contributed by atoms with Crippen molar-refractivity contribution in [2.45, 2.75) is 13.3 Å². The average molecular weight is 251 g/mol. The zero-order valence-electron chi connectivity index (χ0n) is 10.6. The van der Waals surface area contributed by atoms with Gasteiger partial charge in [-0.1, -0.05) is 12.1 Å². The minimum atomic E-state index is -0.487. The molecule has 4 heteroatoms. The van der Waals surface area contributed by atoms with Crippen LogP contribution >= 0.6 is 0 Å². The monoisotopic (exact) mass is 251 g/mol. The molecular formula is C15H13N3O. The minimum Gasteiger partial charge on any atom is -0.366 e. The summed E-state index contributed by atoms with van der Waals surface area (Å²) < 4.78 is 0. The number of carbonyl (C=O) groups is 1. The normalized spacial score (nSPS) is 9.89. The molecule has 0 aliphatic heterocycles. The van der Waals surface area contributed by atoms with E-state index >= 15 is 0 Å². The second kappa shape index (κ2) is 5.32. The Morgan fingerprint density at radius 3 is 2.84 bits per heavy atom. The molecule has 1 aromatic carbocycles. The standard InChI is InChI=1S/C15H13N3O/c1-10-5-6-13(15(17)19)14(18-10)8-11-3-2-4-12(7-11)9-16/h2-7H,8H2,1H3,(H2,17,19). The molecule has 0 unspecified atom stereocenters. The second-order valence-electron chi connectivity index (χ2n) is 4.30. The highest BCUT2D eigenvalue weighted by Gasteiger charge is 2.10. The van der Waals surface area contributed by atoms with Crippen molar-refractivity contribution in [1.82, 2.24) is 4.98 Å². The van der Waals surface area contributed by atoms with Crippen LogP contribution in [0.2, 0.25) is 0 Å². The summed E-state index contributed by atoms with van der Waals surface area (Å²) in [5.41, 5.74) is 8.76. The van der Waals surface area contributed by atoms with Crippen LogP contribution in [-0.4, -0.2) is 10.9 Å². The van der Waals surface area contributed by atoms with Crippen LogP contribution in [0.3, 0.4) is 0 Å². The average Bonchev–Trinajstić information content (AvgIpc) is 2.38. The molecule has 0 bridgehead atoms. The highest BCUT2D eigenvalue weighted by molar-refractivity contribution is 5.94. The fraction of sp³-hybridized carbons (Fsp3) is 0.133. The number of aryl methyl sites for hydroxylation is 1. The lowest BCUT2D eigenvalue weighted by Crippen LogP contribution is -2.15. The fourth-order valence-electron chi connectivity index (χ4n) is 1.91. The van der Waals surface area contributed by atoms with E-state index in [-0.39, 0.29) is 0 Å². The predicted octanol–water partition coefficient (Wildman–Crippen LogP) is 1.95. The Morgan fingerprint density at radius 2 is 2.16 bits per heavy atom. The van der Waals surface area contributed by atoms with Gasteiger partial charge in [-0.25, -0.2) is 0 Å². The van der Waals surface area contributed by atoms with Crippen molar-refractivity contribution in [2.24, 2.45) is 5.73 Å². The van der Waals surface area contributed by atoms with Crippen molar-refractivity contribution in [1.29, 1.82) is 5.26 Å². The molecule has 2 rings (SSSR count). The molecule has 0 spiro atoms. The van der Waals surface area contributed by atoms with E-state index in [0.29, 0.717) is 23.2 Å². The molecule has 1 heterocycles. The molecule has 19 heavy (non-hydrogen) atoms. The maximum atomic E-state index is 11.4.